The van der Waals surface area contributed by atoms with Gasteiger partial charge in [-0.25, -0.2) is 0 Å². The van der Waals surface area contributed by atoms with Gasteiger partial charge in [0.25, 0.3) is 0 Å². The van der Waals surface area contributed by atoms with Crippen molar-refractivity contribution < 1.29 is 14.7 Å². The van der Waals surface area contributed by atoms with Crippen LogP contribution in [0.25, 0.3) is 0 Å². The number of carboxylic acid groups (broad SMARTS) is 1. The topological polar surface area (TPSA) is 66.4 Å². The van der Waals surface area contributed by atoms with Crippen molar-refractivity contribution in [3.63, 3.8) is 0 Å². The molecular weight excluding hydrogens is 194 g/mol. The summed E-state index contributed by atoms with van der Waals surface area (Å²) >= 11 is 0. The first-order valence-electron chi connectivity index (χ1n) is 5.29. The highest BCUT2D eigenvalue weighted by molar-refractivity contribution is 5.84. The third kappa shape index (κ3) is 4.14. The molecule has 4 nitrogen and oxygen atoms in total. The van der Waals surface area contributed by atoms with Gasteiger partial charge in [0.2, 0.25) is 5.91 Å². The molecule has 0 bridgehead atoms. The Morgan fingerprint density at radius 3 is 2.80 bits per heavy atom. The van der Waals surface area contributed by atoms with Crippen LogP contribution < -0.4 is 5.32 Å². The fraction of sp³-hybridized carbons (Fsp3) is 0.636. The minimum Gasteiger partial charge on any atom is -0.480 e. The second-order valence-corrected chi connectivity index (χ2v) is 3.91. The maximum absolute atomic E-state index is 11.4. The number of nitrogens with one attached hydrogen (secondary N) is 1. The van der Waals surface area contributed by atoms with Crippen LogP contribution in [0.2, 0.25) is 0 Å². The van der Waals surface area contributed by atoms with E-state index in [2.05, 4.69) is 11.4 Å². The molecule has 0 radical (unpaired) electrons. The molecule has 0 saturated heterocycles. The largest absolute Gasteiger partial charge is 0.480 e. The lowest BCUT2D eigenvalue weighted by Gasteiger charge is -2.14. The second-order valence-electron chi connectivity index (χ2n) is 3.91. The lowest BCUT2D eigenvalue weighted by molar-refractivity contribution is -0.141. The fourth-order valence-corrected chi connectivity index (χ4v) is 1.63. The minimum absolute atomic E-state index is 0.196. The highest BCUT2D eigenvalue weighted by Crippen LogP contribution is 2.19. The molecule has 0 aromatic rings. The predicted octanol–water partition coefficient (Wildman–Crippen LogP) is 1.47. The Balaban J connectivity index is 2.35. The summed E-state index contributed by atoms with van der Waals surface area (Å²) in [6, 6.07) is -0.804. The van der Waals surface area contributed by atoms with Crippen LogP contribution in [0.1, 0.15) is 39.0 Å². The van der Waals surface area contributed by atoms with Gasteiger partial charge in [-0.05, 0) is 32.6 Å². The predicted molar refractivity (Wildman–Crippen MR) is 56.4 cm³/mol. The molecule has 1 rings (SSSR count). The van der Waals surface area contributed by atoms with Crippen molar-refractivity contribution in [1.82, 2.24) is 5.32 Å². The number of aliphatic carboxylic acids is 1. The van der Waals surface area contributed by atoms with E-state index in [1.165, 1.54) is 13.3 Å². The molecule has 84 valence electrons. The van der Waals surface area contributed by atoms with E-state index in [0.717, 1.165) is 24.8 Å². The van der Waals surface area contributed by atoms with Crippen molar-refractivity contribution in [3.8, 4) is 0 Å². The molecule has 0 fully saturated rings. The van der Waals surface area contributed by atoms with Crippen LogP contribution in [0.15, 0.2) is 11.6 Å². The maximum atomic E-state index is 11.4. The SMILES string of the molecule is C[C@@H](NC(=O)CC1=CCCCC1)C(=O)O. The first-order chi connectivity index (χ1) is 7.09. The van der Waals surface area contributed by atoms with Crippen LogP contribution in [0.3, 0.4) is 0 Å². The number of carbonyl (C=O) groups excluding carboxylic acids is 1. The van der Waals surface area contributed by atoms with Gasteiger partial charge in [-0.2, -0.15) is 0 Å². The van der Waals surface area contributed by atoms with Gasteiger partial charge in [-0.15, -0.1) is 0 Å². The molecule has 0 aromatic carbocycles. The van der Waals surface area contributed by atoms with E-state index in [4.69, 9.17) is 5.11 Å². The van der Waals surface area contributed by atoms with Gasteiger partial charge in [-0.3, -0.25) is 9.59 Å². The normalized spacial score (nSPS) is 17.8. The van der Waals surface area contributed by atoms with Gasteiger partial charge in [0.05, 0.1) is 0 Å². The highest BCUT2D eigenvalue weighted by atomic mass is 16.4. The van der Waals surface area contributed by atoms with Crippen molar-refractivity contribution in [2.75, 3.05) is 0 Å². The molecule has 1 atom stereocenters. The molecule has 0 spiro atoms. The number of rotatable bonds is 4. The van der Waals surface area contributed by atoms with E-state index in [1.807, 2.05) is 0 Å². The molecule has 0 aromatic heterocycles. The number of carboxylic acids is 1. The van der Waals surface area contributed by atoms with Gasteiger partial charge >= 0.3 is 5.97 Å². The van der Waals surface area contributed by atoms with Gasteiger partial charge < -0.3 is 10.4 Å². The van der Waals surface area contributed by atoms with Gasteiger partial charge in [0.15, 0.2) is 0 Å². The Hall–Kier alpha value is -1.32. The quantitative estimate of drug-likeness (QED) is 0.692. The maximum Gasteiger partial charge on any atom is 0.325 e. The average Bonchev–Trinajstić information content (AvgIpc) is 2.18. The van der Waals surface area contributed by atoms with Crippen molar-refractivity contribution in [1.29, 1.82) is 0 Å². The molecule has 0 aliphatic heterocycles. The Morgan fingerprint density at radius 1 is 1.53 bits per heavy atom. The lowest BCUT2D eigenvalue weighted by atomic mass is 9.97. The molecule has 4 heteroatoms. The standard InChI is InChI=1S/C11H17NO3/c1-8(11(14)15)12-10(13)7-9-5-3-2-4-6-9/h5,8H,2-4,6-7H2,1H3,(H,12,13)(H,14,15)/t8-/m1/s1. The average molecular weight is 211 g/mol. The van der Waals surface area contributed by atoms with E-state index in [1.54, 1.807) is 0 Å². The van der Waals surface area contributed by atoms with Crippen LogP contribution >= 0.6 is 0 Å². The summed E-state index contributed by atoms with van der Waals surface area (Å²) in [4.78, 5) is 21.9. The molecule has 2 N–H and O–H groups in total. The summed E-state index contributed by atoms with van der Waals surface area (Å²) in [5, 5.41) is 11.1. The molecular formula is C11H17NO3. The lowest BCUT2D eigenvalue weighted by Crippen LogP contribution is -2.38. The van der Waals surface area contributed by atoms with Crippen LogP contribution in [-0.4, -0.2) is 23.0 Å². The zero-order valence-electron chi connectivity index (χ0n) is 8.95. The number of allylic oxidation sites excluding steroid dienone is 1. The molecule has 15 heavy (non-hydrogen) atoms. The minimum atomic E-state index is -0.999. The number of carbonyl (C=O) groups is 2. The molecule has 1 amide bonds. The summed E-state index contributed by atoms with van der Waals surface area (Å²) in [6.07, 6.45) is 6.77. The fourth-order valence-electron chi connectivity index (χ4n) is 1.63. The number of amides is 1. The summed E-state index contributed by atoms with van der Waals surface area (Å²) < 4.78 is 0. The summed E-state index contributed by atoms with van der Waals surface area (Å²) in [5.74, 6) is -1.20. The van der Waals surface area contributed by atoms with E-state index >= 15 is 0 Å². The molecule has 0 heterocycles. The Kier molecular flexibility index (Phi) is 4.34. The Bertz CT molecular complexity index is 284. The molecule has 1 aliphatic rings. The van der Waals surface area contributed by atoms with Gasteiger partial charge in [0.1, 0.15) is 6.04 Å². The van der Waals surface area contributed by atoms with Crippen molar-refractivity contribution >= 4 is 11.9 Å². The smallest absolute Gasteiger partial charge is 0.325 e. The second kappa shape index (κ2) is 5.53. The van der Waals surface area contributed by atoms with Crippen LogP contribution in [0, 0.1) is 0 Å². The summed E-state index contributed by atoms with van der Waals surface area (Å²) in [5.41, 5.74) is 1.14. The van der Waals surface area contributed by atoms with Crippen molar-refractivity contribution in [2.45, 2.75) is 45.1 Å². The first kappa shape index (κ1) is 11.8. The summed E-state index contributed by atoms with van der Waals surface area (Å²) in [7, 11) is 0. The molecule has 0 saturated carbocycles. The highest BCUT2D eigenvalue weighted by Gasteiger charge is 2.15. The molecule has 1 aliphatic carbocycles. The first-order valence-corrected chi connectivity index (χ1v) is 5.29. The van der Waals surface area contributed by atoms with E-state index in [9.17, 15) is 9.59 Å². The third-order valence-electron chi connectivity index (χ3n) is 2.52. The summed E-state index contributed by atoms with van der Waals surface area (Å²) in [6.45, 7) is 1.47. The van der Waals surface area contributed by atoms with Crippen LogP contribution in [-0.2, 0) is 9.59 Å². The zero-order chi connectivity index (χ0) is 11.3. The zero-order valence-corrected chi connectivity index (χ0v) is 8.95. The Morgan fingerprint density at radius 2 is 2.27 bits per heavy atom. The van der Waals surface area contributed by atoms with E-state index < -0.39 is 12.0 Å². The van der Waals surface area contributed by atoms with E-state index in [0.29, 0.717) is 6.42 Å². The van der Waals surface area contributed by atoms with Crippen LogP contribution in [0.4, 0.5) is 0 Å². The third-order valence-corrected chi connectivity index (χ3v) is 2.52. The van der Waals surface area contributed by atoms with Gasteiger partial charge in [0, 0.05) is 6.42 Å². The monoisotopic (exact) mass is 211 g/mol. The number of hydrogen-bond donors (Lipinski definition) is 2. The number of hydrogen-bond acceptors (Lipinski definition) is 2. The van der Waals surface area contributed by atoms with Crippen molar-refractivity contribution in [2.24, 2.45) is 0 Å². The van der Waals surface area contributed by atoms with E-state index in [-0.39, 0.29) is 5.91 Å². The van der Waals surface area contributed by atoms with Crippen LogP contribution in [0.5, 0.6) is 0 Å². The van der Waals surface area contributed by atoms with Crippen molar-refractivity contribution in [3.05, 3.63) is 11.6 Å². The Labute approximate surface area is 89.4 Å². The van der Waals surface area contributed by atoms with Gasteiger partial charge in [-0.1, -0.05) is 11.6 Å². The molecule has 0 unspecified atom stereocenters.